The minimum Gasteiger partial charge on any atom is -0.365 e. The molecule has 0 saturated heterocycles. The summed E-state index contributed by atoms with van der Waals surface area (Å²) in [6, 6.07) is 8.80. The fourth-order valence-corrected chi connectivity index (χ4v) is 12.3. The zero-order valence-corrected chi connectivity index (χ0v) is 36.0. The molecule has 2 aromatic rings. The Kier molecular flexibility index (Phi) is 18.2. The van der Waals surface area contributed by atoms with Gasteiger partial charge in [-0.3, -0.25) is 0 Å². The van der Waals surface area contributed by atoms with Gasteiger partial charge in [-0.15, -0.1) is 0 Å². The number of rotatable bonds is 20. The standard InChI is InChI=1S/C52H78F4O/c1-3-5-7-9-11-15-37-21-25-39(26-22-37)41-29-33-43(34-30-41)51(45-17-13-19-47(53)49(45)55)57-52(46-18-14-20-48(54)50(46)56)44-35-31-42(32-36-44)40-27-23-38(24-28-40)16-12-10-8-6-4-2/h13-14,17-20,37-44,51-52H,3-12,15-16,21-36H2,1-2H3. The van der Waals surface area contributed by atoms with Gasteiger partial charge in [0.25, 0.3) is 0 Å². The van der Waals surface area contributed by atoms with Crippen LogP contribution in [0.15, 0.2) is 36.4 Å². The van der Waals surface area contributed by atoms with Crippen molar-refractivity contribution in [2.24, 2.45) is 47.3 Å². The van der Waals surface area contributed by atoms with Crippen LogP contribution in [0.2, 0.25) is 0 Å². The lowest BCUT2D eigenvalue weighted by atomic mass is 9.67. The molecule has 2 unspecified atom stereocenters. The lowest BCUT2D eigenvalue weighted by molar-refractivity contribution is -0.0962. The van der Waals surface area contributed by atoms with Crippen LogP contribution in [0.4, 0.5) is 17.6 Å². The Bertz CT molecular complexity index is 1320. The van der Waals surface area contributed by atoms with Crippen LogP contribution in [0.25, 0.3) is 0 Å². The second-order valence-corrected chi connectivity index (χ2v) is 19.6. The largest absolute Gasteiger partial charge is 0.365 e. The van der Waals surface area contributed by atoms with Gasteiger partial charge < -0.3 is 4.74 Å². The number of ether oxygens (including phenoxy) is 1. The Morgan fingerprint density at radius 1 is 0.439 bits per heavy atom. The molecule has 0 heterocycles. The van der Waals surface area contributed by atoms with Crippen molar-refractivity contribution in [3.05, 3.63) is 70.8 Å². The maximum absolute atomic E-state index is 15.8. The third kappa shape index (κ3) is 12.6. The summed E-state index contributed by atoms with van der Waals surface area (Å²) in [7, 11) is 0. The van der Waals surface area contributed by atoms with Crippen molar-refractivity contribution < 1.29 is 22.3 Å². The highest BCUT2D eigenvalue weighted by atomic mass is 19.2. The average molecular weight is 795 g/mol. The molecule has 0 spiro atoms. The van der Waals surface area contributed by atoms with Crippen molar-refractivity contribution in [2.75, 3.05) is 0 Å². The van der Waals surface area contributed by atoms with E-state index in [9.17, 15) is 8.78 Å². The predicted molar refractivity (Wildman–Crippen MR) is 228 cm³/mol. The van der Waals surface area contributed by atoms with Gasteiger partial charge in [0.05, 0.1) is 12.2 Å². The fourth-order valence-electron chi connectivity index (χ4n) is 12.3. The zero-order chi connectivity index (χ0) is 40.0. The van der Waals surface area contributed by atoms with E-state index < -0.39 is 35.5 Å². The number of benzene rings is 2. The molecule has 0 radical (unpaired) electrons. The first kappa shape index (κ1) is 44.7. The van der Waals surface area contributed by atoms with Crippen LogP contribution in [0.3, 0.4) is 0 Å². The van der Waals surface area contributed by atoms with E-state index in [1.807, 2.05) is 0 Å². The normalized spacial score (nSPS) is 29.6. The Hall–Kier alpha value is -1.88. The first-order valence-electron chi connectivity index (χ1n) is 24.4. The average Bonchev–Trinajstić information content (AvgIpc) is 3.24. The number of unbranched alkanes of at least 4 members (excludes halogenated alkanes) is 8. The lowest BCUT2D eigenvalue weighted by Gasteiger charge is -2.43. The molecule has 320 valence electrons. The van der Waals surface area contributed by atoms with E-state index in [2.05, 4.69) is 13.8 Å². The number of hydrogen-bond acceptors (Lipinski definition) is 1. The highest BCUT2D eigenvalue weighted by molar-refractivity contribution is 5.25. The van der Waals surface area contributed by atoms with E-state index in [1.165, 1.54) is 141 Å². The van der Waals surface area contributed by atoms with Crippen molar-refractivity contribution in [3.63, 3.8) is 0 Å². The molecule has 4 saturated carbocycles. The van der Waals surface area contributed by atoms with E-state index in [0.29, 0.717) is 11.8 Å². The van der Waals surface area contributed by atoms with Gasteiger partial charge in [0.15, 0.2) is 23.3 Å². The zero-order valence-electron chi connectivity index (χ0n) is 36.0. The predicted octanol–water partition coefficient (Wildman–Crippen LogP) is 17.0. The smallest absolute Gasteiger partial charge is 0.164 e. The second kappa shape index (κ2) is 23.2. The van der Waals surface area contributed by atoms with Gasteiger partial charge in [-0.25, -0.2) is 17.6 Å². The van der Waals surface area contributed by atoms with Crippen molar-refractivity contribution in [1.29, 1.82) is 0 Å². The van der Waals surface area contributed by atoms with Crippen LogP contribution in [0.5, 0.6) is 0 Å². The van der Waals surface area contributed by atoms with Crippen LogP contribution >= 0.6 is 0 Å². The van der Waals surface area contributed by atoms with Crippen molar-refractivity contribution in [3.8, 4) is 0 Å². The maximum Gasteiger partial charge on any atom is 0.164 e. The monoisotopic (exact) mass is 795 g/mol. The molecule has 4 fully saturated rings. The van der Waals surface area contributed by atoms with Crippen LogP contribution < -0.4 is 0 Å². The second-order valence-electron chi connectivity index (χ2n) is 19.6. The third-order valence-electron chi connectivity index (χ3n) is 15.9. The lowest BCUT2D eigenvalue weighted by Crippen LogP contribution is -2.32. The first-order chi connectivity index (χ1) is 27.9. The van der Waals surface area contributed by atoms with Crippen LogP contribution in [0.1, 0.15) is 217 Å². The molecule has 0 aromatic heterocycles. The number of hydrogen-bond donors (Lipinski definition) is 0. The van der Waals surface area contributed by atoms with Crippen molar-refractivity contribution in [2.45, 2.75) is 206 Å². The van der Waals surface area contributed by atoms with E-state index in [-0.39, 0.29) is 23.0 Å². The quantitative estimate of drug-likeness (QED) is 0.0958. The van der Waals surface area contributed by atoms with Gasteiger partial charge in [0.1, 0.15) is 0 Å². The fraction of sp³-hybridized carbons (Fsp3) is 0.769. The first-order valence-corrected chi connectivity index (χ1v) is 24.4. The van der Waals surface area contributed by atoms with Gasteiger partial charge in [-0.1, -0.05) is 141 Å². The highest BCUT2D eigenvalue weighted by Crippen LogP contribution is 2.51. The van der Waals surface area contributed by atoms with Crippen LogP contribution in [-0.2, 0) is 4.74 Å². The molecular formula is C52H78F4O. The van der Waals surface area contributed by atoms with Gasteiger partial charge in [0.2, 0.25) is 0 Å². The summed E-state index contributed by atoms with van der Waals surface area (Å²) in [5.74, 6) is 1.10. The van der Waals surface area contributed by atoms with Crippen LogP contribution in [0, 0.1) is 70.6 Å². The molecule has 2 aromatic carbocycles. The molecule has 6 rings (SSSR count). The summed E-state index contributed by atoms with van der Waals surface area (Å²) >= 11 is 0. The Balaban J connectivity index is 1.09. The number of halogens is 4. The van der Waals surface area contributed by atoms with Crippen LogP contribution in [-0.4, -0.2) is 0 Å². The van der Waals surface area contributed by atoms with Gasteiger partial charge in [0, 0.05) is 11.1 Å². The molecule has 4 aliphatic carbocycles. The Labute approximate surface area is 345 Å². The van der Waals surface area contributed by atoms with E-state index in [0.717, 1.165) is 75.0 Å². The van der Waals surface area contributed by atoms with Gasteiger partial charge in [-0.2, -0.15) is 0 Å². The van der Waals surface area contributed by atoms with E-state index in [4.69, 9.17) is 4.74 Å². The molecule has 5 heteroatoms. The van der Waals surface area contributed by atoms with Crippen molar-refractivity contribution >= 4 is 0 Å². The summed E-state index contributed by atoms with van der Waals surface area (Å²) in [5.41, 5.74) is 0.464. The summed E-state index contributed by atoms with van der Waals surface area (Å²) in [6.07, 6.45) is 33.4. The molecule has 57 heavy (non-hydrogen) atoms. The SMILES string of the molecule is CCCCCCCC1CCC(C2CCC(C(OC(c3cccc(F)c3F)C3CCC(C4CCC(CCCCCCC)CC4)CC3)c3cccc(F)c3F)CC2)CC1. The molecule has 0 N–H and O–H groups in total. The van der Waals surface area contributed by atoms with Gasteiger partial charge >= 0.3 is 0 Å². The molecule has 1 nitrogen and oxygen atoms in total. The molecule has 0 aliphatic heterocycles. The third-order valence-corrected chi connectivity index (χ3v) is 15.9. The summed E-state index contributed by atoms with van der Waals surface area (Å²) in [5, 5.41) is 0. The Morgan fingerprint density at radius 2 is 0.772 bits per heavy atom. The summed E-state index contributed by atoms with van der Waals surface area (Å²) in [4.78, 5) is 0. The topological polar surface area (TPSA) is 9.23 Å². The molecule has 4 aliphatic rings. The molecule has 0 bridgehead atoms. The van der Waals surface area contributed by atoms with Gasteiger partial charge in [-0.05, 0) is 137 Å². The maximum atomic E-state index is 15.8. The van der Waals surface area contributed by atoms with E-state index >= 15 is 8.78 Å². The minimum atomic E-state index is -0.878. The highest BCUT2D eigenvalue weighted by Gasteiger charge is 2.41. The summed E-state index contributed by atoms with van der Waals surface area (Å²) < 4.78 is 68.5. The van der Waals surface area contributed by atoms with E-state index in [1.54, 1.807) is 24.3 Å². The Morgan fingerprint density at radius 3 is 1.12 bits per heavy atom. The minimum absolute atomic E-state index is 0.00528. The molecule has 2 atom stereocenters. The molecular weight excluding hydrogens is 717 g/mol. The van der Waals surface area contributed by atoms with Crippen molar-refractivity contribution in [1.82, 2.24) is 0 Å². The summed E-state index contributed by atoms with van der Waals surface area (Å²) in [6.45, 7) is 4.55. The molecule has 0 amide bonds.